The van der Waals surface area contributed by atoms with Crippen LogP contribution in [-0.2, 0) is 0 Å². The highest BCUT2D eigenvalue weighted by Crippen LogP contribution is 2.32. The smallest absolute Gasteiger partial charge is 0.0289 e. The molecule has 1 atom stereocenters. The highest BCUT2D eigenvalue weighted by atomic mass is 14.8. The molecule has 0 spiro atoms. The zero-order chi connectivity index (χ0) is 14.9. The summed E-state index contributed by atoms with van der Waals surface area (Å²) in [6.45, 7) is 11.0. The molecule has 0 bridgehead atoms. The molecule has 2 aromatic rings. The molecule has 1 heteroatoms. The number of hydrogen-bond donors (Lipinski definition) is 1. The number of nitrogens with one attached hydrogen (secondary N) is 1. The Morgan fingerprint density at radius 3 is 2.05 bits per heavy atom. The number of aryl methyl sites for hydroxylation is 2. The van der Waals surface area contributed by atoms with Crippen molar-refractivity contribution in [1.82, 2.24) is 5.32 Å². The lowest BCUT2D eigenvalue weighted by Crippen LogP contribution is -2.12. The molecule has 2 rings (SSSR count). The minimum absolute atomic E-state index is 0.376. The summed E-state index contributed by atoms with van der Waals surface area (Å²) in [4.78, 5) is 0. The summed E-state index contributed by atoms with van der Waals surface area (Å²) in [6, 6.07) is 11.6. The van der Waals surface area contributed by atoms with Crippen molar-refractivity contribution in [2.45, 2.75) is 40.7 Å². The largest absolute Gasteiger partial charge is 0.313 e. The first kappa shape index (κ1) is 14.8. The minimum atomic E-state index is 0.376. The third kappa shape index (κ3) is 2.64. The molecule has 0 aromatic heterocycles. The first-order valence-electron chi connectivity index (χ1n) is 7.30. The van der Waals surface area contributed by atoms with Gasteiger partial charge >= 0.3 is 0 Å². The molecule has 0 amide bonds. The van der Waals surface area contributed by atoms with Crippen molar-refractivity contribution in [1.29, 1.82) is 0 Å². The van der Waals surface area contributed by atoms with Crippen LogP contribution in [0.2, 0.25) is 0 Å². The van der Waals surface area contributed by atoms with E-state index in [-0.39, 0.29) is 0 Å². The van der Waals surface area contributed by atoms with Crippen LogP contribution >= 0.6 is 0 Å². The van der Waals surface area contributed by atoms with Crippen LogP contribution in [0.4, 0.5) is 0 Å². The highest BCUT2D eigenvalue weighted by Gasteiger charge is 2.12. The second kappa shape index (κ2) is 5.80. The van der Waals surface area contributed by atoms with Crippen molar-refractivity contribution in [3.8, 4) is 11.1 Å². The molecule has 0 aliphatic carbocycles. The standard InChI is InChI=1S/C19H25N/c1-12-10-13(2)15(4)19(14(12)3)18-9-7-8-17(11-18)16(5)20-6/h7-11,16,20H,1-6H3. The van der Waals surface area contributed by atoms with Gasteiger partial charge in [0.1, 0.15) is 0 Å². The maximum atomic E-state index is 3.31. The molecule has 0 saturated heterocycles. The van der Waals surface area contributed by atoms with Crippen LogP contribution in [0.1, 0.15) is 40.8 Å². The Morgan fingerprint density at radius 2 is 1.50 bits per heavy atom. The van der Waals surface area contributed by atoms with Crippen molar-refractivity contribution in [2.24, 2.45) is 0 Å². The lowest BCUT2D eigenvalue weighted by molar-refractivity contribution is 0.652. The minimum Gasteiger partial charge on any atom is -0.313 e. The van der Waals surface area contributed by atoms with E-state index in [4.69, 9.17) is 0 Å². The van der Waals surface area contributed by atoms with Crippen molar-refractivity contribution >= 4 is 0 Å². The summed E-state index contributed by atoms with van der Waals surface area (Å²) >= 11 is 0. The van der Waals surface area contributed by atoms with Crippen LogP contribution in [0.15, 0.2) is 30.3 Å². The number of benzene rings is 2. The number of hydrogen-bond acceptors (Lipinski definition) is 1. The zero-order valence-electron chi connectivity index (χ0n) is 13.5. The SMILES string of the molecule is CNC(C)c1cccc(-c2c(C)c(C)cc(C)c2C)c1. The summed E-state index contributed by atoms with van der Waals surface area (Å²) < 4.78 is 0. The van der Waals surface area contributed by atoms with E-state index in [1.54, 1.807) is 0 Å². The van der Waals surface area contributed by atoms with Gasteiger partial charge in [-0.1, -0.05) is 24.3 Å². The quantitative estimate of drug-likeness (QED) is 0.836. The third-order valence-electron chi connectivity index (χ3n) is 4.47. The van der Waals surface area contributed by atoms with E-state index in [0.717, 1.165) is 0 Å². The topological polar surface area (TPSA) is 12.0 Å². The molecule has 0 heterocycles. The van der Waals surface area contributed by atoms with Crippen LogP contribution in [0.5, 0.6) is 0 Å². The van der Waals surface area contributed by atoms with Gasteiger partial charge in [0.2, 0.25) is 0 Å². The van der Waals surface area contributed by atoms with Crippen molar-refractivity contribution in [2.75, 3.05) is 7.05 Å². The molecular weight excluding hydrogens is 242 g/mol. The average molecular weight is 267 g/mol. The maximum absolute atomic E-state index is 3.31. The molecule has 0 aliphatic rings. The molecule has 0 fully saturated rings. The van der Waals surface area contributed by atoms with Gasteiger partial charge in [0.05, 0.1) is 0 Å². The summed E-state index contributed by atoms with van der Waals surface area (Å²) in [5.74, 6) is 0. The lowest BCUT2D eigenvalue weighted by atomic mass is 9.88. The monoisotopic (exact) mass is 267 g/mol. The van der Waals surface area contributed by atoms with Gasteiger partial charge in [-0.15, -0.1) is 0 Å². The van der Waals surface area contributed by atoms with Crippen molar-refractivity contribution < 1.29 is 0 Å². The van der Waals surface area contributed by atoms with E-state index in [1.807, 2.05) is 7.05 Å². The summed E-state index contributed by atoms with van der Waals surface area (Å²) in [7, 11) is 2.00. The summed E-state index contributed by atoms with van der Waals surface area (Å²) in [5.41, 5.74) is 9.58. The van der Waals surface area contributed by atoms with Gasteiger partial charge in [0.15, 0.2) is 0 Å². The zero-order valence-corrected chi connectivity index (χ0v) is 13.5. The van der Waals surface area contributed by atoms with Crippen LogP contribution in [-0.4, -0.2) is 7.05 Å². The van der Waals surface area contributed by atoms with Gasteiger partial charge in [-0.05, 0) is 86.7 Å². The van der Waals surface area contributed by atoms with Gasteiger partial charge in [0, 0.05) is 6.04 Å². The fourth-order valence-corrected chi connectivity index (χ4v) is 2.78. The molecule has 106 valence electrons. The third-order valence-corrected chi connectivity index (χ3v) is 4.47. The fraction of sp³-hybridized carbons (Fsp3) is 0.368. The average Bonchev–Trinajstić information content (AvgIpc) is 2.45. The first-order valence-corrected chi connectivity index (χ1v) is 7.30. The Labute approximate surface area is 123 Å². The Hall–Kier alpha value is -1.60. The van der Waals surface area contributed by atoms with E-state index in [1.165, 1.54) is 38.9 Å². The van der Waals surface area contributed by atoms with Crippen molar-refractivity contribution in [3.63, 3.8) is 0 Å². The second-order valence-electron chi connectivity index (χ2n) is 5.77. The molecule has 0 saturated carbocycles. The maximum Gasteiger partial charge on any atom is 0.0289 e. The van der Waals surface area contributed by atoms with E-state index >= 15 is 0 Å². The molecule has 1 unspecified atom stereocenters. The highest BCUT2D eigenvalue weighted by molar-refractivity contribution is 5.73. The molecule has 0 radical (unpaired) electrons. The Bertz CT molecular complexity index is 600. The predicted molar refractivity (Wildman–Crippen MR) is 88.3 cm³/mol. The van der Waals surface area contributed by atoms with Gasteiger partial charge in [0.25, 0.3) is 0 Å². The van der Waals surface area contributed by atoms with Gasteiger partial charge in [-0.25, -0.2) is 0 Å². The Morgan fingerprint density at radius 1 is 0.900 bits per heavy atom. The van der Waals surface area contributed by atoms with E-state index in [9.17, 15) is 0 Å². The second-order valence-corrected chi connectivity index (χ2v) is 5.77. The first-order chi connectivity index (χ1) is 9.45. The fourth-order valence-electron chi connectivity index (χ4n) is 2.78. The lowest BCUT2D eigenvalue weighted by Gasteiger charge is -2.18. The van der Waals surface area contributed by atoms with Gasteiger partial charge in [-0.3, -0.25) is 0 Å². The van der Waals surface area contributed by atoms with Crippen LogP contribution in [0.25, 0.3) is 11.1 Å². The predicted octanol–water partition coefficient (Wildman–Crippen LogP) is 4.87. The van der Waals surface area contributed by atoms with E-state index in [0.29, 0.717) is 6.04 Å². The van der Waals surface area contributed by atoms with E-state index in [2.05, 4.69) is 70.3 Å². The van der Waals surface area contributed by atoms with Gasteiger partial charge < -0.3 is 5.32 Å². The summed E-state index contributed by atoms with van der Waals surface area (Å²) in [6.07, 6.45) is 0. The molecule has 20 heavy (non-hydrogen) atoms. The van der Waals surface area contributed by atoms with Crippen LogP contribution < -0.4 is 5.32 Å². The van der Waals surface area contributed by atoms with E-state index < -0.39 is 0 Å². The molecule has 1 nitrogen and oxygen atoms in total. The normalized spacial score (nSPS) is 12.5. The molecular formula is C19H25N. The van der Waals surface area contributed by atoms with Gasteiger partial charge in [-0.2, -0.15) is 0 Å². The van der Waals surface area contributed by atoms with Crippen molar-refractivity contribution in [3.05, 3.63) is 58.1 Å². The number of rotatable bonds is 3. The van der Waals surface area contributed by atoms with Crippen LogP contribution in [0, 0.1) is 27.7 Å². The van der Waals surface area contributed by atoms with Crippen LogP contribution in [0.3, 0.4) is 0 Å². The molecule has 0 aliphatic heterocycles. The molecule has 2 aromatic carbocycles. The Balaban J connectivity index is 2.63. The summed E-state index contributed by atoms with van der Waals surface area (Å²) in [5, 5.41) is 3.31. The molecule has 1 N–H and O–H groups in total. The Kier molecular flexibility index (Phi) is 4.29.